The van der Waals surface area contributed by atoms with Gasteiger partial charge in [-0.15, -0.1) is 5.10 Å². The Labute approximate surface area is 92.1 Å². The predicted molar refractivity (Wildman–Crippen MR) is 53.4 cm³/mol. The Morgan fingerprint density at radius 1 is 1.56 bits per heavy atom. The van der Waals surface area contributed by atoms with Crippen LogP contribution in [0.4, 0.5) is 0 Å². The fourth-order valence-corrected chi connectivity index (χ4v) is 1.30. The van der Waals surface area contributed by atoms with Crippen LogP contribution in [0.3, 0.4) is 0 Å². The lowest BCUT2D eigenvalue weighted by atomic mass is 10.2. The summed E-state index contributed by atoms with van der Waals surface area (Å²) in [6.07, 6.45) is 1.72. The third-order valence-electron chi connectivity index (χ3n) is 2.16. The molecule has 7 nitrogen and oxygen atoms in total. The molecule has 0 saturated carbocycles. The smallest absolute Gasteiger partial charge is 0.223 e. The van der Waals surface area contributed by atoms with Crippen LogP contribution in [-0.4, -0.2) is 30.2 Å². The van der Waals surface area contributed by atoms with Crippen LogP contribution in [0.5, 0.6) is 0 Å². The van der Waals surface area contributed by atoms with E-state index in [0.717, 1.165) is 0 Å². The quantitative estimate of drug-likeness (QED) is 0.809. The number of hydrogen-bond acceptors (Lipinski definition) is 6. The summed E-state index contributed by atoms with van der Waals surface area (Å²) in [5, 5.41) is 21.0. The molecular weight excluding hydrogens is 210 g/mol. The standard InChI is InChI=1S/C9H13N5O2/c1-3-8(15)7-4-14(13-11-7)5-9-10-6(2)16-12-9/h4,8,15H,3,5H2,1-2H3. The van der Waals surface area contributed by atoms with E-state index in [2.05, 4.69) is 20.5 Å². The van der Waals surface area contributed by atoms with E-state index in [4.69, 9.17) is 4.52 Å². The maximum Gasteiger partial charge on any atom is 0.223 e. The van der Waals surface area contributed by atoms with Crippen molar-refractivity contribution in [1.82, 2.24) is 25.1 Å². The molecule has 7 heteroatoms. The first-order valence-corrected chi connectivity index (χ1v) is 5.06. The van der Waals surface area contributed by atoms with Gasteiger partial charge in [-0.1, -0.05) is 17.3 Å². The predicted octanol–water partition coefficient (Wildman–Crippen LogP) is 0.461. The fraction of sp³-hybridized carbons (Fsp3) is 0.556. The zero-order valence-electron chi connectivity index (χ0n) is 9.16. The second-order valence-corrected chi connectivity index (χ2v) is 3.49. The first-order valence-electron chi connectivity index (χ1n) is 5.06. The van der Waals surface area contributed by atoms with E-state index in [-0.39, 0.29) is 0 Å². The Morgan fingerprint density at radius 3 is 3.00 bits per heavy atom. The number of aliphatic hydroxyl groups is 1. The van der Waals surface area contributed by atoms with E-state index in [1.807, 2.05) is 6.92 Å². The molecule has 0 aliphatic carbocycles. The Hall–Kier alpha value is -1.76. The molecule has 0 aliphatic heterocycles. The minimum Gasteiger partial charge on any atom is -0.387 e. The fourth-order valence-electron chi connectivity index (χ4n) is 1.30. The molecule has 0 fully saturated rings. The number of rotatable bonds is 4. The summed E-state index contributed by atoms with van der Waals surface area (Å²) < 4.78 is 6.41. The van der Waals surface area contributed by atoms with Crippen molar-refractivity contribution in [3.63, 3.8) is 0 Å². The van der Waals surface area contributed by atoms with Crippen LogP contribution in [0.1, 0.15) is 36.9 Å². The van der Waals surface area contributed by atoms with Crippen molar-refractivity contribution in [2.45, 2.75) is 32.9 Å². The molecule has 0 aromatic carbocycles. The molecule has 0 aliphatic rings. The van der Waals surface area contributed by atoms with Crippen molar-refractivity contribution in [3.05, 3.63) is 23.6 Å². The summed E-state index contributed by atoms with van der Waals surface area (Å²) in [4.78, 5) is 4.05. The second-order valence-electron chi connectivity index (χ2n) is 3.49. The normalized spacial score (nSPS) is 12.9. The highest BCUT2D eigenvalue weighted by Crippen LogP contribution is 2.12. The number of aliphatic hydroxyl groups excluding tert-OH is 1. The number of aryl methyl sites for hydroxylation is 1. The van der Waals surface area contributed by atoms with Gasteiger partial charge in [-0.25, -0.2) is 4.68 Å². The second kappa shape index (κ2) is 4.40. The van der Waals surface area contributed by atoms with Gasteiger partial charge in [-0.05, 0) is 6.42 Å². The van der Waals surface area contributed by atoms with Gasteiger partial charge >= 0.3 is 0 Å². The first kappa shape index (κ1) is 10.7. The molecule has 0 amide bonds. The summed E-state index contributed by atoms with van der Waals surface area (Å²) in [6, 6.07) is 0. The SMILES string of the molecule is CCC(O)c1cn(Cc2noc(C)n2)nn1. The van der Waals surface area contributed by atoms with Gasteiger partial charge in [0.05, 0.1) is 12.3 Å². The van der Waals surface area contributed by atoms with Gasteiger partial charge in [-0.2, -0.15) is 4.98 Å². The van der Waals surface area contributed by atoms with Gasteiger partial charge in [-0.3, -0.25) is 0 Å². The number of nitrogens with zero attached hydrogens (tertiary/aromatic N) is 5. The molecule has 2 aromatic rings. The zero-order valence-corrected chi connectivity index (χ0v) is 9.16. The summed E-state index contributed by atoms with van der Waals surface area (Å²) in [5.41, 5.74) is 0.558. The summed E-state index contributed by atoms with van der Waals surface area (Å²) >= 11 is 0. The molecule has 0 spiro atoms. The summed E-state index contributed by atoms with van der Waals surface area (Å²) in [7, 11) is 0. The van der Waals surface area contributed by atoms with Gasteiger partial charge in [0, 0.05) is 6.92 Å². The van der Waals surface area contributed by atoms with E-state index in [0.29, 0.717) is 30.4 Å². The van der Waals surface area contributed by atoms with Crippen LogP contribution in [0, 0.1) is 6.92 Å². The molecule has 16 heavy (non-hydrogen) atoms. The van der Waals surface area contributed by atoms with E-state index in [1.165, 1.54) is 0 Å². The summed E-state index contributed by atoms with van der Waals surface area (Å²) in [5.74, 6) is 1.06. The highest BCUT2D eigenvalue weighted by atomic mass is 16.5. The van der Waals surface area contributed by atoms with Crippen LogP contribution in [-0.2, 0) is 6.54 Å². The van der Waals surface area contributed by atoms with Gasteiger partial charge in [0.25, 0.3) is 0 Å². The van der Waals surface area contributed by atoms with Crippen LogP contribution in [0.25, 0.3) is 0 Å². The Kier molecular flexibility index (Phi) is 2.95. The Morgan fingerprint density at radius 2 is 2.38 bits per heavy atom. The van der Waals surface area contributed by atoms with E-state index in [9.17, 15) is 5.11 Å². The highest BCUT2D eigenvalue weighted by molar-refractivity contribution is 4.98. The maximum absolute atomic E-state index is 9.55. The van der Waals surface area contributed by atoms with Crippen LogP contribution in [0.15, 0.2) is 10.7 Å². The summed E-state index contributed by atoms with van der Waals surface area (Å²) in [6.45, 7) is 4.00. The molecule has 1 atom stereocenters. The lowest BCUT2D eigenvalue weighted by Gasteiger charge is -2.00. The van der Waals surface area contributed by atoms with Gasteiger partial charge in [0.15, 0.2) is 5.82 Å². The molecule has 2 aromatic heterocycles. The first-order chi connectivity index (χ1) is 7.69. The molecule has 1 unspecified atom stereocenters. The van der Waals surface area contributed by atoms with Crippen molar-refractivity contribution in [2.24, 2.45) is 0 Å². The highest BCUT2D eigenvalue weighted by Gasteiger charge is 2.11. The minimum atomic E-state index is -0.569. The molecule has 0 radical (unpaired) electrons. The van der Waals surface area contributed by atoms with E-state index < -0.39 is 6.10 Å². The van der Waals surface area contributed by atoms with E-state index in [1.54, 1.807) is 17.8 Å². The van der Waals surface area contributed by atoms with Crippen molar-refractivity contribution >= 4 is 0 Å². The van der Waals surface area contributed by atoms with Crippen LogP contribution >= 0.6 is 0 Å². The third kappa shape index (κ3) is 2.25. The zero-order chi connectivity index (χ0) is 11.5. The van der Waals surface area contributed by atoms with Crippen molar-refractivity contribution < 1.29 is 9.63 Å². The number of hydrogen-bond donors (Lipinski definition) is 1. The van der Waals surface area contributed by atoms with Crippen molar-refractivity contribution in [3.8, 4) is 0 Å². The van der Waals surface area contributed by atoms with Crippen molar-refractivity contribution in [1.29, 1.82) is 0 Å². The average Bonchev–Trinajstić information content (AvgIpc) is 2.87. The van der Waals surface area contributed by atoms with Crippen LogP contribution < -0.4 is 0 Å². The van der Waals surface area contributed by atoms with Crippen LogP contribution in [0.2, 0.25) is 0 Å². The minimum absolute atomic E-state index is 0.390. The van der Waals surface area contributed by atoms with Gasteiger partial charge in [0.1, 0.15) is 12.2 Å². The molecule has 2 heterocycles. The molecule has 0 saturated heterocycles. The number of aromatic nitrogens is 5. The molecule has 0 bridgehead atoms. The lowest BCUT2D eigenvalue weighted by Crippen LogP contribution is -2.02. The third-order valence-corrected chi connectivity index (χ3v) is 2.16. The monoisotopic (exact) mass is 223 g/mol. The van der Waals surface area contributed by atoms with E-state index >= 15 is 0 Å². The van der Waals surface area contributed by atoms with Crippen molar-refractivity contribution in [2.75, 3.05) is 0 Å². The maximum atomic E-state index is 9.55. The Bertz CT molecular complexity index is 464. The van der Waals surface area contributed by atoms with Gasteiger partial charge < -0.3 is 9.63 Å². The molecule has 2 rings (SSSR count). The Balaban J connectivity index is 2.08. The largest absolute Gasteiger partial charge is 0.387 e. The topological polar surface area (TPSA) is 89.9 Å². The molecule has 1 N–H and O–H groups in total. The lowest BCUT2D eigenvalue weighted by molar-refractivity contribution is 0.168. The molecular formula is C9H13N5O2. The van der Waals surface area contributed by atoms with Gasteiger partial charge in [0.2, 0.25) is 5.89 Å². The molecule has 86 valence electrons. The average molecular weight is 223 g/mol.